The quantitative estimate of drug-likeness (QED) is 0.697. The molecule has 1 N–H and O–H groups in total. The molecule has 0 aliphatic carbocycles. The van der Waals surface area contributed by atoms with Gasteiger partial charge in [-0.1, -0.05) is 22.4 Å². The highest BCUT2D eigenvalue weighted by molar-refractivity contribution is 9.10. The number of amides is 1. The minimum Gasteiger partial charge on any atom is -0.484 e. The van der Waals surface area contributed by atoms with Crippen LogP contribution >= 0.6 is 28.3 Å². The van der Waals surface area contributed by atoms with Gasteiger partial charge in [0.2, 0.25) is 0 Å². The maximum atomic E-state index is 12.1. The van der Waals surface area contributed by atoms with Crippen molar-refractivity contribution in [2.75, 3.05) is 26.2 Å². The average Bonchev–Trinajstić information content (AvgIpc) is 3.17. The van der Waals surface area contributed by atoms with E-state index in [-0.39, 0.29) is 31.0 Å². The number of benzene rings is 1. The Hall–Kier alpha value is -1.50. The van der Waals surface area contributed by atoms with Gasteiger partial charge in [0.15, 0.2) is 6.61 Å². The zero-order valence-corrected chi connectivity index (χ0v) is 16.9. The molecule has 1 fully saturated rings. The van der Waals surface area contributed by atoms with Gasteiger partial charge in [-0.15, -0.1) is 12.4 Å². The van der Waals surface area contributed by atoms with Crippen LogP contribution in [0.1, 0.15) is 31.1 Å². The van der Waals surface area contributed by atoms with Gasteiger partial charge >= 0.3 is 0 Å². The minimum atomic E-state index is -0.128. The second-order valence-electron chi connectivity index (χ2n) is 6.17. The topological polar surface area (TPSA) is 54.7 Å². The van der Waals surface area contributed by atoms with Crippen molar-refractivity contribution in [3.8, 4) is 5.75 Å². The lowest BCUT2D eigenvalue weighted by molar-refractivity contribution is -0.123. The largest absolute Gasteiger partial charge is 0.484 e. The predicted octanol–water partition coefficient (Wildman–Crippen LogP) is 4.19. The number of nitrogens with zero attached hydrogens (tertiary/aromatic N) is 1. The third kappa shape index (κ3) is 6.04. The highest BCUT2D eigenvalue weighted by Crippen LogP contribution is 2.24. The van der Waals surface area contributed by atoms with Crippen LogP contribution < -0.4 is 10.1 Å². The van der Waals surface area contributed by atoms with E-state index in [9.17, 15) is 4.79 Å². The summed E-state index contributed by atoms with van der Waals surface area (Å²) in [5, 5.41) is 2.98. The average molecular weight is 444 g/mol. The zero-order chi connectivity index (χ0) is 17.5. The third-order valence-electron chi connectivity index (χ3n) is 4.38. The summed E-state index contributed by atoms with van der Waals surface area (Å²) >= 11 is 3.37. The summed E-state index contributed by atoms with van der Waals surface area (Å²) < 4.78 is 12.1. The molecule has 1 amide bonds. The van der Waals surface area contributed by atoms with Crippen LogP contribution in [0.4, 0.5) is 0 Å². The molecule has 0 radical (unpaired) electrons. The molecule has 26 heavy (non-hydrogen) atoms. The fourth-order valence-electron chi connectivity index (χ4n) is 3.06. The summed E-state index contributed by atoms with van der Waals surface area (Å²) in [6.07, 6.45) is 5.34. The molecule has 1 aliphatic heterocycles. The third-order valence-corrected chi connectivity index (χ3v) is 4.91. The van der Waals surface area contributed by atoms with Crippen LogP contribution in [0.25, 0.3) is 0 Å². The predicted molar refractivity (Wildman–Crippen MR) is 107 cm³/mol. The smallest absolute Gasteiger partial charge is 0.258 e. The van der Waals surface area contributed by atoms with Gasteiger partial charge in [0.1, 0.15) is 11.5 Å². The second-order valence-corrected chi connectivity index (χ2v) is 7.09. The molecule has 1 aromatic heterocycles. The first kappa shape index (κ1) is 20.8. The molecule has 1 aliphatic rings. The molecule has 0 spiro atoms. The Labute approximate surface area is 168 Å². The fourth-order valence-corrected chi connectivity index (χ4v) is 3.33. The maximum Gasteiger partial charge on any atom is 0.258 e. The Morgan fingerprint density at radius 2 is 1.92 bits per heavy atom. The van der Waals surface area contributed by atoms with Gasteiger partial charge in [-0.05, 0) is 62.3 Å². The first-order valence-corrected chi connectivity index (χ1v) is 9.44. The van der Waals surface area contributed by atoms with E-state index in [1.54, 1.807) is 6.26 Å². The molecule has 1 saturated heterocycles. The molecule has 142 valence electrons. The van der Waals surface area contributed by atoms with E-state index in [0.29, 0.717) is 12.3 Å². The molecule has 1 unspecified atom stereocenters. The normalized spacial score (nSPS) is 15.7. The minimum absolute atomic E-state index is 0. The van der Waals surface area contributed by atoms with Crippen LogP contribution in [-0.4, -0.2) is 37.0 Å². The Balaban J connectivity index is 0.00000243. The molecule has 0 bridgehead atoms. The summed E-state index contributed by atoms with van der Waals surface area (Å²) in [4.78, 5) is 14.5. The van der Waals surface area contributed by atoms with E-state index >= 15 is 0 Å². The lowest BCUT2D eigenvalue weighted by Crippen LogP contribution is -2.41. The van der Waals surface area contributed by atoms with Crippen molar-refractivity contribution in [3.63, 3.8) is 0 Å². The molecule has 0 saturated carbocycles. The van der Waals surface area contributed by atoms with Crippen LogP contribution in [0.15, 0.2) is 51.6 Å². The zero-order valence-electron chi connectivity index (χ0n) is 14.5. The number of hydrogen-bond acceptors (Lipinski definition) is 4. The van der Waals surface area contributed by atoms with Gasteiger partial charge < -0.3 is 14.5 Å². The highest BCUT2D eigenvalue weighted by atomic mass is 79.9. The van der Waals surface area contributed by atoms with Crippen LogP contribution in [0.3, 0.4) is 0 Å². The SMILES string of the molecule is Cl.O=C(COc1ccc(Br)cc1)NCC(c1ccco1)N1CCCCC1. The Morgan fingerprint density at radius 3 is 2.58 bits per heavy atom. The first-order chi connectivity index (χ1) is 12.2. The van der Waals surface area contributed by atoms with E-state index in [1.165, 1.54) is 19.3 Å². The standard InChI is InChI=1S/C19H23BrN2O3.ClH/c20-15-6-8-16(9-7-15)25-14-19(23)21-13-17(18-5-4-12-24-18)22-10-2-1-3-11-22;/h4-9,12,17H,1-3,10-11,13-14H2,(H,21,23);1H. The maximum absolute atomic E-state index is 12.1. The van der Waals surface area contributed by atoms with Crippen molar-refractivity contribution in [2.45, 2.75) is 25.3 Å². The van der Waals surface area contributed by atoms with Gasteiger partial charge in [0.05, 0.1) is 12.3 Å². The number of halogens is 2. The Bertz CT molecular complexity index is 658. The highest BCUT2D eigenvalue weighted by Gasteiger charge is 2.24. The molecule has 1 aromatic carbocycles. The number of rotatable bonds is 7. The number of likely N-dealkylation sites (tertiary alicyclic amines) is 1. The summed E-state index contributed by atoms with van der Waals surface area (Å²) in [5.41, 5.74) is 0. The van der Waals surface area contributed by atoms with Gasteiger partial charge in [0, 0.05) is 11.0 Å². The van der Waals surface area contributed by atoms with Crippen molar-refractivity contribution >= 4 is 34.2 Å². The van der Waals surface area contributed by atoms with Gasteiger partial charge in [-0.25, -0.2) is 0 Å². The monoisotopic (exact) mass is 442 g/mol. The van der Waals surface area contributed by atoms with Crippen molar-refractivity contribution < 1.29 is 13.9 Å². The van der Waals surface area contributed by atoms with Crippen molar-refractivity contribution in [1.82, 2.24) is 10.2 Å². The molecule has 3 rings (SSSR count). The van der Waals surface area contributed by atoms with E-state index < -0.39 is 0 Å². The lowest BCUT2D eigenvalue weighted by Gasteiger charge is -2.33. The van der Waals surface area contributed by atoms with E-state index in [2.05, 4.69) is 26.1 Å². The number of piperidine rings is 1. The Kier molecular flexibility index (Phi) is 8.48. The molecule has 2 heterocycles. The van der Waals surface area contributed by atoms with E-state index in [1.807, 2.05) is 36.4 Å². The van der Waals surface area contributed by atoms with E-state index in [0.717, 1.165) is 23.3 Å². The number of ether oxygens (including phenoxy) is 1. The van der Waals surface area contributed by atoms with E-state index in [4.69, 9.17) is 9.15 Å². The summed E-state index contributed by atoms with van der Waals surface area (Å²) in [6.45, 7) is 2.61. The van der Waals surface area contributed by atoms with Crippen LogP contribution in [0.5, 0.6) is 5.75 Å². The molecular weight excluding hydrogens is 420 g/mol. The Morgan fingerprint density at radius 1 is 1.19 bits per heavy atom. The fraction of sp³-hybridized carbons (Fsp3) is 0.421. The number of hydrogen-bond donors (Lipinski definition) is 1. The molecule has 2 aromatic rings. The van der Waals surface area contributed by atoms with Crippen LogP contribution in [0, 0.1) is 0 Å². The molecule has 7 heteroatoms. The lowest BCUT2D eigenvalue weighted by atomic mass is 10.1. The van der Waals surface area contributed by atoms with Gasteiger partial charge in [-0.2, -0.15) is 0 Å². The number of carbonyl (C=O) groups excluding carboxylic acids is 1. The van der Waals surface area contributed by atoms with Gasteiger partial charge in [0.25, 0.3) is 5.91 Å². The summed E-state index contributed by atoms with van der Waals surface area (Å²) in [5.74, 6) is 1.45. The summed E-state index contributed by atoms with van der Waals surface area (Å²) in [6, 6.07) is 11.4. The molecular formula is C19H24BrClN2O3. The van der Waals surface area contributed by atoms with Crippen molar-refractivity contribution in [1.29, 1.82) is 0 Å². The first-order valence-electron chi connectivity index (χ1n) is 8.65. The van der Waals surface area contributed by atoms with Crippen LogP contribution in [-0.2, 0) is 4.79 Å². The number of nitrogens with one attached hydrogen (secondary N) is 1. The number of carbonyl (C=O) groups is 1. The molecule has 5 nitrogen and oxygen atoms in total. The van der Waals surface area contributed by atoms with Crippen molar-refractivity contribution in [3.05, 3.63) is 52.9 Å². The van der Waals surface area contributed by atoms with Gasteiger partial charge in [-0.3, -0.25) is 9.69 Å². The summed E-state index contributed by atoms with van der Waals surface area (Å²) in [7, 11) is 0. The van der Waals surface area contributed by atoms with Crippen molar-refractivity contribution in [2.24, 2.45) is 0 Å². The number of furan rings is 1. The second kappa shape index (κ2) is 10.6. The van der Waals surface area contributed by atoms with Crippen LogP contribution in [0.2, 0.25) is 0 Å². The molecule has 1 atom stereocenters.